The number of anilines is 1. The highest BCUT2D eigenvalue weighted by Crippen LogP contribution is 2.21. The topological polar surface area (TPSA) is 102 Å². The summed E-state index contributed by atoms with van der Waals surface area (Å²) < 4.78 is 5.08. The number of unbranched alkanes of at least 4 members (excludes halogenated alkanes) is 1. The van der Waals surface area contributed by atoms with Crippen LogP contribution >= 0.6 is 0 Å². The van der Waals surface area contributed by atoms with Crippen LogP contribution in [0.1, 0.15) is 36.5 Å². The third-order valence-electron chi connectivity index (χ3n) is 2.92. The lowest BCUT2D eigenvalue weighted by molar-refractivity contribution is -0.139. The number of ether oxygens (including phenoxy) is 1. The first-order valence-corrected chi connectivity index (χ1v) is 6.46. The van der Waals surface area contributed by atoms with Gasteiger partial charge in [-0.2, -0.15) is 0 Å². The van der Waals surface area contributed by atoms with Gasteiger partial charge < -0.3 is 20.9 Å². The molecule has 0 aromatic heterocycles. The fraction of sp³-hybridized carbons (Fsp3) is 0.429. The third kappa shape index (κ3) is 4.15. The van der Waals surface area contributed by atoms with Gasteiger partial charge in [-0.3, -0.25) is 4.79 Å². The number of nitrogens with one attached hydrogen (secondary N) is 1. The van der Waals surface area contributed by atoms with Crippen molar-refractivity contribution in [2.75, 3.05) is 12.8 Å². The van der Waals surface area contributed by atoms with E-state index in [1.54, 1.807) is 6.07 Å². The van der Waals surface area contributed by atoms with E-state index in [1.807, 2.05) is 6.92 Å². The fourth-order valence-corrected chi connectivity index (χ4v) is 1.80. The second kappa shape index (κ2) is 7.37. The quantitative estimate of drug-likeness (QED) is 0.659. The number of aliphatic carboxylic acids is 1. The summed E-state index contributed by atoms with van der Waals surface area (Å²) in [6.45, 7) is 1.96. The number of carboxylic acids is 1. The molecule has 0 fully saturated rings. The Morgan fingerprint density at radius 1 is 1.45 bits per heavy atom. The van der Waals surface area contributed by atoms with Gasteiger partial charge in [0.05, 0.1) is 12.7 Å². The molecule has 4 N–H and O–H groups in total. The Balaban J connectivity index is 2.86. The molecule has 0 bridgehead atoms. The first-order valence-electron chi connectivity index (χ1n) is 6.46. The molecule has 0 radical (unpaired) electrons. The molecule has 1 amide bonds. The monoisotopic (exact) mass is 280 g/mol. The predicted molar refractivity (Wildman–Crippen MR) is 75.8 cm³/mol. The minimum atomic E-state index is -1.04. The Hall–Kier alpha value is -2.24. The molecule has 1 aromatic rings. The van der Waals surface area contributed by atoms with E-state index in [1.165, 1.54) is 19.2 Å². The Morgan fingerprint density at radius 2 is 2.15 bits per heavy atom. The van der Waals surface area contributed by atoms with Crippen LogP contribution in [0.15, 0.2) is 18.2 Å². The number of carboxylic acid groups (broad SMARTS) is 1. The number of carbonyl (C=O) groups excluding carboxylic acids is 1. The van der Waals surface area contributed by atoms with Gasteiger partial charge in [0.1, 0.15) is 11.8 Å². The number of methoxy groups -OCH3 is 1. The maximum absolute atomic E-state index is 12.1. The summed E-state index contributed by atoms with van der Waals surface area (Å²) in [6, 6.07) is 3.71. The van der Waals surface area contributed by atoms with Crippen LogP contribution in [0.2, 0.25) is 0 Å². The van der Waals surface area contributed by atoms with Crippen LogP contribution in [0.25, 0.3) is 0 Å². The molecule has 1 atom stereocenters. The zero-order valence-corrected chi connectivity index (χ0v) is 11.7. The van der Waals surface area contributed by atoms with E-state index in [0.29, 0.717) is 17.9 Å². The van der Waals surface area contributed by atoms with Crippen molar-refractivity contribution in [3.63, 3.8) is 0 Å². The average molecular weight is 280 g/mol. The zero-order valence-electron chi connectivity index (χ0n) is 11.7. The number of hydrogen-bond donors (Lipinski definition) is 3. The highest BCUT2D eigenvalue weighted by Gasteiger charge is 2.21. The molecular formula is C14H20N2O4. The maximum Gasteiger partial charge on any atom is 0.326 e. The molecule has 0 heterocycles. The van der Waals surface area contributed by atoms with Crippen molar-refractivity contribution < 1.29 is 19.4 Å². The van der Waals surface area contributed by atoms with E-state index in [4.69, 9.17) is 15.6 Å². The van der Waals surface area contributed by atoms with Gasteiger partial charge in [-0.25, -0.2) is 4.79 Å². The van der Waals surface area contributed by atoms with E-state index < -0.39 is 17.9 Å². The second-order valence-electron chi connectivity index (χ2n) is 4.47. The van der Waals surface area contributed by atoms with E-state index in [9.17, 15) is 9.59 Å². The van der Waals surface area contributed by atoms with Crippen molar-refractivity contribution in [3.05, 3.63) is 23.8 Å². The molecule has 0 saturated heterocycles. The molecule has 0 aliphatic carbocycles. The van der Waals surface area contributed by atoms with Gasteiger partial charge in [0.15, 0.2) is 0 Å². The van der Waals surface area contributed by atoms with E-state index in [0.717, 1.165) is 12.8 Å². The summed E-state index contributed by atoms with van der Waals surface area (Å²) in [5, 5.41) is 11.6. The Bertz CT molecular complexity index is 488. The van der Waals surface area contributed by atoms with Crippen molar-refractivity contribution in [3.8, 4) is 5.75 Å². The Labute approximate surface area is 117 Å². The summed E-state index contributed by atoms with van der Waals surface area (Å²) in [5.41, 5.74) is 6.35. The number of amides is 1. The molecule has 6 heteroatoms. The van der Waals surface area contributed by atoms with Crippen LogP contribution in [-0.2, 0) is 4.79 Å². The van der Waals surface area contributed by atoms with Crippen molar-refractivity contribution in [1.82, 2.24) is 5.32 Å². The molecular weight excluding hydrogens is 260 g/mol. The largest absolute Gasteiger partial charge is 0.496 e. The number of nitrogen functional groups attached to an aromatic ring is 1. The molecule has 0 aliphatic rings. The van der Waals surface area contributed by atoms with Crippen molar-refractivity contribution in [1.29, 1.82) is 0 Å². The van der Waals surface area contributed by atoms with Crippen LogP contribution in [0.3, 0.4) is 0 Å². The van der Waals surface area contributed by atoms with Gasteiger partial charge in [-0.15, -0.1) is 0 Å². The maximum atomic E-state index is 12.1. The van der Waals surface area contributed by atoms with Crippen molar-refractivity contribution >= 4 is 17.6 Å². The minimum Gasteiger partial charge on any atom is -0.496 e. The number of carbonyl (C=O) groups is 2. The highest BCUT2D eigenvalue weighted by atomic mass is 16.5. The van der Waals surface area contributed by atoms with E-state index in [-0.39, 0.29) is 5.56 Å². The minimum absolute atomic E-state index is 0.268. The van der Waals surface area contributed by atoms with Crippen LogP contribution in [0.4, 0.5) is 5.69 Å². The summed E-state index contributed by atoms with van der Waals surface area (Å²) in [4.78, 5) is 23.2. The molecule has 0 aliphatic heterocycles. The lowest BCUT2D eigenvalue weighted by Crippen LogP contribution is -2.40. The van der Waals surface area contributed by atoms with Crippen LogP contribution in [-0.4, -0.2) is 30.1 Å². The van der Waals surface area contributed by atoms with Crippen molar-refractivity contribution in [2.24, 2.45) is 0 Å². The van der Waals surface area contributed by atoms with Crippen LogP contribution in [0, 0.1) is 0 Å². The summed E-state index contributed by atoms with van der Waals surface area (Å²) >= 11 is 0. The molecule has 1 unspecified atom stereocenters. The van der Waals surface area contributed by atoms with Crippen molar-refractivity contribution in [2.45, 2.75) is 32.2 Å². The van der Waals surface area contributed by atoms with Gasteiger partial charge in [0.2, 0.25) is 0 Å². The summed E-state index contributed by atoms with van der Waals surface area (Å²) in [6.07, 6.45) is 2.00. The molecule has 110 valence electrons. The Morgan fingerprint density at radius 3 is 2.70 bits per heavy atom. The summed E-state index contributed by atoms with van der Waals surface area (Å²) in [7, 11) is 1.43. The second-order valence-corrected chi connectivity index (χ2v) is 4.47. The Kier molecular flexibility index (Phi) is 5.83. The zero-order chi connectivity index (χ0) is 15.1. The van der Waals surface area contributed by atoms with Gasteiger partial charge in [0.25, 0.3) is 5.91 Å². The number of nitrogens with two attached hydrogens (primary N) is 1. The number of rotatable bonds is 7. The predicted octanol–water partition coefficient (Wildman–Crippen LogP) is 1.65. The number of benzene rings is 1. The summed E-state index contributed by atoms with van der Waals surface area (Å²) in [5.74, 6) is -1.20. The van der Waals surface area contributed by atoms with Gasteiger partial charge in [-0.05, 0) is 18.6 Å². The molecule has 20 heavy (non-hydrogen) atoms. The first kappa shape index (κ1) is 15.8. The van der Waals surface area contributed by atoms with Gasteiger partial charge >= 0.3 is 5.97 Å². The molecule has 1 rings (SSSR count). The van der Waals surface area contributed by atoms with E-state index >= 15 is 0 Å². The van der Waals surface area contributed by atoms with Crippen LogP contribution < -0.4 is 15.8 Å². The lowest BCUT2D eigenvalue weighted by atomic mass is 10.1. The van der Waals surface area contributed by atoms with Gasteiger partial charge in [-0.1, -0.05) is 19.8 Å². The molecule has 0 spiro atoms. The third-order valence-corrected chi connectivity index (χ3v) is 2.92. The first-order chi connectivity index (χ1) is 9.49. The smallest absolute Gasteiger partial charge is 0.326 e. The lowest BCUT2D eigenvalue weighted by Gasteiger charge is -2.15. The highest BCUT2D eigenvalue weighted by molar-refractivity contribution is 5.99. The number of hydrogen-bond acceptors (Lipinski definition) is 4. The normalized spacial score (nSPS) is 11.7. The average Bonchev–Trinajstić information content (AvgIpc) is 2.42. The standard InChI is InChI=1S/C14H20N2O4/c1-3-4-5-11(14(18)19)16-13(17)10-7-6-9(15)8-12(10)20-2/h6-8,11H,3-5,15H2,1-2H3,(H,16,17)(H,18,19). The van der Waals surface area contributed by atoms with Gasteiger partial charge in [0, 0.05) is 11.8 Å². The molecule has 6 nitrogen and oxygen atoms in total. The SMILES string of the molecule is CCCCC(NC(=O)c1ccc(N)cc1OC)C(=O)O. The molecule has 0 saturated carbocycles. The fourth-order valence-electron chi connectivity index (χ4n) is 1.80. The van der Waals surface area contributed by atoms with E-state index in [2.05, 4.69) is 5.32 Å². The van der Waals surface area contributed by atoms with Crippen LogP contribution in [0.5, 0.6) is 5.75 Å². The molecule has 1 aromatic carbocycles.